The van der Waals surface area contributed by atoms with Gasteiger partial charge < -0.3 is 4.74 Å². The molecule has 1 heterocycles. The van der Waals surface area contributed by atoms with E-state index in [1.54, 1.807) is 36.4 Å². The monoisotopic (exact) mass is 388 g/mol. The van der Waals surface area contributed by atoms with Crippen LogP contribution in [-0.4, -0.2) is 28.2 Å². The van der Waals surface area contributed by atoms with Crippen molar-refractivity contribution in [3.8, 4) is 5.75 Å². The summed E-state index contributed by atoms with van der Waals surface area (Å²) in [4.78, 5) is 30.0. The van der Waals surface area contributed by atoms with Gasteiger partial charge in [0, 0.05) is 5.56 Å². The minimum atomic E-state index is -0.231. The molecule has 0 bridgehead atoms. The minimum Gasteiger partial charge on any atom is -0.492 e. The molecule has 1 aromatic heterocycles. The molecule has 2 aromatic carbocycles. The number of aromatic nitrogens is 2. The van der Waals surface area contributed by atoms with Gasteiger partial charge in [0.05, 0.1) is 29.1 Å². The fraction of sp³-hybridized carbons (Fsp3) is 0.211. The lowest BCUT2D eigenvalue weighted by Crippen LogP contribution is -2.27. The molecule has 5 nitrogen and oxygen atoms in total. The van der Waals surface area contributed by atoms with Crippen LogP contribution in [0.1, 0.15) is 17.3 Å². The van der Waals surface area contributed by atoms with Crippen molar-refractivity contribution in [3.05, 3.63) is 63.4 Å². The summed E-state index contributed by atoms with van der Waals surface area (Å²) in [7, 11) is 0. The van der Waals surface area contributed by atoms with Crippen molar-refractivity contribution in [2.24, 2.45) is 0 Å². The highest BCUT2D eigenvalue weighted by atomic mass is 35.5. The van der Waals surface area contributed by atoms with Gasteiger partial charge in [-0.05, 0) is 43.5 Å². The molecule has 7 heteroatoms. The van der Waals surface area contributed by atoms with Gasteiger partial charge in [0.1, 0.15) is 5.75 Å². The standard InChI is InChI=1S/C19H17ClN2O3S/c1-3-25-17-9-8-12(10-14(17)20)16(23)11-22-18(24)13-6-4-5-7-15(13)21-19(22)26-2/h4-10H,3,11H2,1-2H3. The number of para-hydroxylation sites is 1. The second kappa shape index (κ2) is 7.93. The summed E-state index contributed by atoms with van der Waals surface area (Å²) in [5.41, 5.74) is 0.811. The van der Waals surface area contributed by atoms with Gasteiger partial charge in [-0.1, -0.05) is 35.5 Å². The van der Waals surface area contributed by atoms with Gasteiger partial charge >= 0.3 is 0 Å². The third-order valence-electron chi connectivity index (χ3n) is 3.86. The summed E-state index contributed by atoms with van der Waals surface area (Å²) in [5.74, 6) is 0.310. The third kappa shape index (κ3) is 3.61. The number of fused-ring (bicyclic) bond motifs is 1. The zero-order chi connectivity index (χ0) is 18.7. The van der Waals surface area contributed by atoms with Crippen molar-refractivity contribution < 1.29 is 9.53 Å². The molecule has 0 N–H and O–H groups in total. The number of ether oxygens (including phenoxy) is 1. The fourth-order valence-corrected chi connectivity index (χ4v) is 3.42. The summed E-state index contributed by atoms with van der Waals surface area (Å²) in [6.07, 6.45) is 1.82. The van der Waals surface area contributed by atoms with Crippen molar-refractivity contribution in [1.82, 2.24) is 9.55 Å². The molecule has 0 aliphatic carbocycles. The van der Waals surface area contributed by atoms with E-state index in [9.17, 15) is 9.59 Å². The van der Waals surface area contributed by atoms with Crippen molar-refractivity contribution in [2.45, 2.75) is 18.6 Å². The molecule has 3 rings (SSSR count). The van der Waals surface area contributed by atoms with Crippen LogP contribution < -0.4 is 10.3 Å². The summed E-state index contributed by atoms with van der Waals surface area (Å²) in [6, 6.07) is 12.0. The Labute approximate surface area is 160 Å². The first-order valence-corrected chi connectivity index (χ1v) is 9.64. The van der Waals surface area contributed by atoms with Crippen LogP contribution in [0.25, 0.3) is 10.9 Å². The Morgan fingerprint density at radius 2 is 2.04 bits per heavy atom. The van der Waals surface area contributed by atoms with Crippen LogP contribution >= 0.6 is 23.4 Å². The molecule has 0 spiro atoms. The average molecular weight is 389 g/mol. The molecule has 0 aliphatic rings. The van der Waals surface area contributed by atoms with Crippen molar-refractivity contribution in [1.29, 1.82) is 0 Å². The van der Waals surface area contributed by atoms with Crippen molar-refractivity contribution in [3.63, 3.8) is 0 Å². The van der Waals surface area contributed by atoms with E-state index in [2.05, 4.69) is 4.98 Å². The molecular weight excluding hydrogens is 372 g/mol. The van der Waals surface area contributed by atoms with Crippen LogP contribution in [0.4, 0.5) is 0 Å². The van der Waals surface area contributed by atoms with E-state index in [-0.39, 0.29) is 17.9 Å². The average Bonchev–Trinajstić information content (AvgIpc) is 2.65. The molecule has 0 saturated heterocycles. The Balaban J connectivity index is 1.98. The second-order valence-electron chi connectivity index (χ2n) is 5.51. The SMILES string of the molecule is CCOc1ccc(C(=O)Cn2c(SC)nc3ccccc3c2=O)cc1Cl. The largest absolute Gasteiger partial charge is 0.492 e. The van der Waals surface area contributed by atoms with E-state index in [0.717, 1.165) is 0 Å². The number of thioether (sulfide) groups is 1. The first-order valence-electron chi connectivity index (χ1n) is 8.04. The maximum absolute atomic E-state index is 12.8. The van der Waals surface area contributed by atoms with Gasteiger partial charge in [-0.3, -0.25) is 14.2 Å². The molecule has 3 aromatic rings. The second-order valence-corrected chi connectivity index (χ2v) is 6.69. The molecule has 134 valence electrons. The molecule has 0 radical (unpaired) electrons. The summed E-state index contributed by atoms with van der Waals surface area (Å²) in [6.45, 7) is 2.25. The number of halogens is 1. The van der Waals surface area contributed by atoms with Crippen LogP contribution in [0.15, 0.2) is 52.4 Å². The molecule has 0 atom stereocenters. The van der Waals surface area contributed by atoms with E-state index < -0.39 is 0 Å². The number of nitrogens with zero attached hydrogens (tertiary/aromatic N) is 2. The zero-order valence-electron chi connectivity index (χ0n) is 14.4. The minimum absolute atomic E-state index is 0.100. The Bertz CT molecular complexity index is 1030. The van der Waals surface area contributed by atoms with Crippen molar-refractivity contribution >= 4 is 40.0 Å². The Kier molecular flexibility index (Phi) is 5.64. The smallest absolute Gasteiger partial charge is 0.262 e. The van der Waals surface area contributed by atoms with E-state index in [4.69, 9.17) is 16.3 Å². The number of hydrogen-bond acceptors (Lipinski definition) is 5. The van der Waals surface area contributed by atoms with Crippen molar-refractivity contribution in [2.75, 3.05) is 12.9 Å². The summed E-state index contributed by atoms with van der Waals surface area (Å²) in [5, 5.41) is 1.36. The number of carbonyl (C=O) groups is 1. The summed E-state index contributed by atoms with van der Waals surface area (Å²) >= 11 is 7.49. The topological polar surface area (TPSA) is 61.2 Å². The van der Waals surface area contributed by atoms with Gasteiger partial charge in [0.15, 0.2) is 10.9 Å². The zero-order valence-corrected chi connectivity index (χ0v) is 15.9. The van der Waals surface area contributed by atoms with Crippen LogP contribution in [0.3, 0.4) is 0 Å². The highest BCUT2D eigenvalue weighted by molar-refractivity contribution is 7.98. The number of rotatable bonds is 6. The molecule has 0 amide bonds. The lowest BCUT2D eigenvalue weighted by molar-refractivity contribution is 0.0967. The molecular formula is C19H17ClN2O3S. The van der Waals surface area contributed by atoms with Gasteiger partial charge in [0.25, 0.3) is 5.56 Å². The normalized spacial score (nSPS) is 10.9. The van der Waals surface area contributed by atoms with E-state index in [0.29, 0.717) is 39.0 Å². The van der Waals surface area contributed by atoms with E-state index >= 15 is 0 Å². The van der Waals surface area contributed by atoms with Gasteiger partial charge in [-0.15, -0.1) is 0 Å². The molecule has 0 fully saturated rings. The van der Waals surface area contributed by atoms with Gasteiger partial charge in [0.2, 0.25) is 0 Å². The summed E-state index contributed by atoms with van der Waals surface area (Å²) < 4.78 is 6.78. The predicted molar refractivity (Wildman–Crippen MR) is 105 cm³/mol. The first-order chi connectivity index (χ1) is 12.5. The maximum Gasteiger partial charge on any atom is 0.262 e. The Morgan fingerprint density at radius 3 is 2.73 bits per heavy atom. The van der Waals surface area contributed by atoms with Gasteiger partial charge in [-0.2, -0.15) is 0 Å². The molecule has 0 saturated carbocycles. The fourth-order valence-electron chi connectivity index (χ4n) is 2.62. The van der Waals surface area contributed by atoms with Crippen LogP contribution in [0.5, 0.6) is 5.75 Å². The van der Waals surface area contributed by atoms with Gasteiger partial charge in [-0.25, -0.2) is 4.98 Å². The Morgan fingerprint density at radius 1 is 1.27 bits per heavy atom. The van der Waals surface area contributed by atoms with Crippen LogP contribution in [0.2, 0.25) is 5.02 Å². The third-order valence-corrected chi connectivity index (χ3v) is 4.84. The molecule has 26 heavy (non-hydrogen) atoms. The number of Topliss-reactive ketones (excluding diaryl/α,β-unsaturated/α-hetero) is 1. The lowest BCUT2D eigenvalue weighted by atomic mass is 10.1. The number of ketones is 1. The number of benzene rings is 2. The lowest BCUT2D eigenvalue weighted by Gasteiger charge is -2.12. The highest BCUT2D eigenvalue weighted by Crippen LogP contribution is 2.26. The number of carbonyl (C=O) groups excluding carboxylic acids is 1. The number of hydrogen-bond donors (Lipinski definition) is 0. The van der Waals surface area contributed by atoms with E-state index in [1.807, 2.05) is 19.2 Å². The first kappa shape index (κ1) is 18.5. The maximum atomic E-state index is 12.8. The van der Waals surface area contributed by atoms with Crippen LogP contribution in [0, 0.1) is 0 Å². The quantitative estimate of drug-likeness (QED) is 0.362. The molecule has 0 unspecified atom stereocenters. The molecule has 0 aliphatic heterocycles. The Hall–Kier alpha value is -2.31. The van der Waals surface area contributed by atoms with E-state index in [1.165, 1.54) is 16.3 Å². The highest BCUT2D eigenvalue weighted by Gasteiger charge is 2.16. The van der Waals surface area contributed by atoms with Crippen LogP contribution in [-0.2, 0) is 6.54 Å². The predicted octanol–water partition coefficient (Wildman–Crippen LogP) is 4.05.